The van der Waals surface area contributed by atoms with Crippen molar-refractivity contribution in [1.29, 1.82) is 0 Å². The molecule has 1 aliphatic heterocycles. The first-order chi connectivity index (χ1) is 18.0. The summed E-state index contributed by atoms with van der Waals surface area (Å²) in [6.45, 7) is 13.8. The van der Waals surface area contributed by atoms with E-state index >= 15 is 0 Å². The quantitative estimate of drug-likeness (QED) is 0.365. The van der Waals surface area contributed by atoms with E-state index in [1.165, 1.54) is 0 Å². The van der Waals surface area contributed by atoms with Gasteiger partial charge in [0.05, 0.1) is 13.2 Å². The molecule has 1 fully saturated rings. The van der Waals surface area contributed by atoms with Crippen molar-refractivity contribution in [3.63, 3.8) is 0 Å². The van der Waals surface area contributed by atoms with E-state index in [1.54, 1.807) is 0 Å². The number of fused-ring (bicyclic) bond motifs is 1. The summed E-state index contributed by atoms with van der Waals surface area (Å²) < 4.78 is 7.48. The van der Waals surface area contributed by atoms with Gasteiger partial charge in [0.2, 0.25) is 0 Å². The van der Waals surface area contributed by atoms with Crippen molar-refractivity contribution in [3.05, 3.63) is 55.0 Å². The molecule has 1 saturated heterocycles. The summed E-state index contributed by atoms with van der Waals surface area (Å²) in [5.41, 5.74) is 3.40. The van der Waals surface area contributed by atoms with Crippen LogP contribution >= 0.6 is 0 Å². The van der Waals surface area contributed by atoms with E-state index in [0.29, 0.717) is 17.9 Å². The Bertz CT molecular complexity index is 1290. The van der Waals surface area contributed by atoms with E-state index in [0.717, 1.165) is 73.4 Å². The highest BCUT2D eigenvalue weighted by atomic mass is 16.5. The largest absolute Gasteiger partial charge is 0.378 e. The number of imidazole rings is 1. The Morgan fingerprint density at radius 1 is 0.946 bits per heavy atom. The van der Waals surface area contributed by atoms with Crippen LogP contribution in [0.5, 0.6) is 0 Å². The molecule has 0 unspecified atom stereocenters. The van der Waals surface area contributed by atoms with Crippen molar-refractivity contribution in [2.45, 2.75) is 39.8 Å². The van der Waals surface area contributed by atoms with Crippen LogP contribution in [-0.4, -0.2) is 80.9 Å². The number of benzene rings is 1. The van der Waals surface area contributed by atoms with Gasteiger partial charge in [-0.3, -0.25) is 9.47 Å². The zero-order valence-electron chi connectivity index (χ0n) is 22.1. The van der Waals surface area contributed by atoms with Crippen LogP contribution in [-0.2, 0) is 4.74 Å². The number of rotatable bonds is 9. The molecule has 0 spiro atoms. The monoisotopic (exact) mass is 500 g/mol. The van der Waals surface area contributed by atoms with Gasteiger partial charge in [0.25, 0.3) is 0 Å². The maximum Gasteiger partial charge on any atom is 0.170 e. The highest BCUT2D eigenvalue weighted by Gasteiger charge is 2.18. The molecule has 0 saturated carbocycles. The maximum absolute atomic E-state index is 5.47. The summed E-state index contributed by atoms with van der Waals surface area (Å²) >= 11 is 0. The van der Waals surface area contributed by atoms with Crippen molar-refractivity contribution >= 4 is 22.8 Å². The van der Waals surface area contributed by atoms with Gasteiger partial charge < -0.3 is 15.0 Å². The van der Waals surface area contributed by atoms with Gasteiger partial charge >= 0.3 is 0 Å². The average Bonchev–Trinajstić information content (AvgIpc) is 3.36. The van der Waals surface area contributed by atoms with E-state index in [2.05, 4.69) is 54.9 Å². The van der Waals surface area contributed by atoms with Crippen LogP contribution in [0.3, 0.4) is 0 Å². The van der Waals surface area contributed by atoms with Crippen molar-refractivity contribution < 1.29 is 4.74 Å². The minimum Gasteiger partial charge on any atom is -0.378 e. The molecule has 4 heterocycles. The molecule has 0 aliphatic carbocycles. The SMILES string of the molecule is CC(C)N(CCNc1nc(-c2ccc(N3CCOCC3)nc2)nc2c1ncn2-c1ccccc1)C(C)C. The smallest absolute Gasteiger partial charge is 0.170 e. The number of anilines is 2. The zero-order valence-corrected chi connectivity index (χ0v) is 22.1. The van der Waals surface area contributed by atoms with E-state index in [9.17, 15) is 0 Å². The number of hydrogen-bond acceptors (Lipinski definition) is 8. The third-order valence-electron chi connectivity index (χ3n) is 6.76. The van der Waals surface area contributed by atoms with E-state index < -0.39 is 0 Å². The van der Waals surface area contributed by atoms with E-state index in [4.69, 9.17) is 24.7 Å². The molecule has 0 radical (unpaired) electrons. The summed E-state index contributed by atoms with van der Waals surface area (Å²) in [6.07, 6.45) is 3.68. The second kappa shape index (κ2) is 11.2. The number of morpholine rings is 1. The van der Waals surface area contributed by atoms with Crippen molar-refractivity contribution in [2.24, 2.45) is 0 Å². The molecule has 0 amide bonds. The standard InChI is InChI=1S/C28H36N8O/c1-20(2)35(21(3)4)13-12-29-27-25-28(36(19-31-25)23-8-6-5-7-9-23)33-26(32-27)22-10-11-24(30-18-22)34-14-16-37-17-15-34/h5-11,18-21H,12-17H2,1-4H3,(H,29,32,33). The third-order valence-corrected chi connectivity index (χ3v) is 6.76. The first-order valence-corrected chi connectivity index (χ1v) is 13.1. The fraction of sp³-hybridized carbons (Fsp3) is 0.429. The summed E-state index contributed by atoms with van der Waals surface area (Å²) in [7, 11) is 0. The van der Waals surface area contributed by atoms with Crippen molar-refractivity contribution in [3.8, 4) is 17.1 Å². The predicted octanol–water partition coefficient (Wildman–Crippen LogP) is 4.24. The van der Waals surface area contributed by atoms with Gasteiger partial charge in [-0.2, -0.15) is 0 Å². The lowest BCUT2D eigenvalue weighted by Crippen LogP contribution is -2.40. The fourth-order valence-electron chi connectivity index (χ4n) is 4.84. The number of para-hydroxylation sites is 1. The number of pyridine rings is 1. The Morgan fingerprint density at radius 3 is 2.38 bits per heavy atom. The van der Waals surface area contributed by atoms with Gasteiger partial charge in [-0.15, -0.1) is 0 Å². The Hall–Kier alpha value is -3.56. The first-order valence-electron chi connectivity index (χ1n) is 13.1. The van der Waals surface area contributed by atoms with Crippen LogP contribution in [0.4, 0.5) is 11.6 Å². The van der Waals surface area contributed by atoms with Gasteiger partial charge in [0.1, 0.15) is 12.1 Å². The molecule has 9 nitrogen and oxygen atoms in total. The molecule has 0 bridgehead atoms. The molecule has 5 rings (SSSR count). The minimum absolute atomic E-state index is 0.469. The van der Waals surface area contributed by atoms with Crippen molar-refractivity contribution in [1.82, 2.24) is 29.4 Å². The summed E-state index contributed by atoms with van der Waals surface area (Å²) in [5, 5.41) is 3.55. The number of ether oxygens (including phenoxy) is 1. The fourth-order valence-corrected chi connectivity index (χ4v) is 4.84. The van der Waals surface area contributed by atoms with Crippen LogP contribution in [0, 0.1) is 0 Å². The van der Waals surface area contributed by atoms with Gasteiger partial charge in [0, 0.05) is 55.7 Å². The predicted molar refractivity (Wildman–Crippen MR) is 148 cm³/mol. The van der Waals surface area contributed by atoms with Crippen LogP contribution in [0.1, 0.15) is 27.7 Å². The van der Waals surface area contributed by atoms with E-state index in [1.807, 2.05) is 47.4 Å². The molecule has 1 aromatic carbocycles. The molecular formula is C28H36N8O. The van der Waals surface area contributed by atoms with Crippen LogP contribution in [0.15, 0.2) is 55.0 Å². The summed E-state index contributed by atoms with van der Waals surface area (Å²) in [5.74, 6) is 2.31. The first kappa shape index (κ1) is 25.1. The number of nitrogens with one attached hydrogen (secondary N) is 1. The topological polar surface area (TPSA) is 84.2 Å². The number of aromatic nitrogens is 5. The Labute approximate surface area is 218 Å². The average molecular weight is 501 g/mol. The van der Waals surface area contributed by atoms with Gasteiger partial charge in [-0.1, -0.05) is 18.2 Å². The number of nitrogens with zero attached hydrogens (tertiary/aromatic N) is 7. The zero-order chi connectivity index (χ0) is 25.8. The lowest BCUT2D eigenvalue weighted by atomic mass is 10.2. The van der Waals surface area contributed by atoms with Crippen LogP contribution < -0.4 is 10.2 Å². The molecule has 37 heavy (non-hydrogen) atoms. The summed E-state index contributed by atoms with van der Waals surface area (Å²) in [6, 6.07) is 15.2. The molecular weight excluding hydrogens is 464 g/mol. The molecule has 0 atom stereocenters. The lowest BCUT2D eigenvalue weighted by Gasteiger charge is -2.30. The highest BCUT2D eigenvalue weighted by molar-refractivity contribution is 5.86. The lowest BCUT2D eigenvalue weighted by molar-refractivity contribution is 0.122. The molecule has 1 N–H and O–H groups in total. The third kappa shape index (κ3) is 5.57. The second-order valence-corrected chi connectivity index (χ2v) is 9.87. The molecule has 194 valence electrons. The molecule has 3 aromatic heterocycles. The molecule has 9 heteroatoms. The Balaban J connectivity index is 1.48. The van der Waals surface area contributed by atoms with Crippen molar-refractivity contribution in [2.75, 3.05) is 49.6 Å². The maximum atomic E-state index is 5.47. The van der Waals surface area contributed by atoms with Crippen LogP contribution in [0.25, 0.3) is 28.2 Å². The number of hydrogen-bond donors (Lipinski definition) is 1. The minimum atomic E-state index is 0.469. The highest BCUT2D eigenvalue weighted by Crippen LogP contribution is 2.27. The van der Waals surface area contributed by atoms with Crippen LogP contribution in [0.2, 0.25) is 0 Å². The Kier molecular flexibility index (Phi) is 7.62. The molecule has 1 aliphatic rings. The molecule has 4 aromatic rings. The second-order valence-electron chi connectivity index (χ2n) is 9.87. The summed E-state index contributed by atoms with van der Waals surface area (Å²) in [4.78, 5) is 24.0. The Morgan fingerprint density at radius 2 is 1.70 bits per heavy atom. The van der Waals surface area contributed by atoms with Gasteiger partial charge in [-0.05, 0) is 52.0 Å². The van der Waals surface area contributed by atoms with Gasteiger partial charge in [0.15, 0.2) is 22.8 Å². The van der Waals surface area contributed by atoms with E-state index in [-0.39, 0.29) is 0 Å². The normalized spacial score (nSPS) is 14.3. The van der Waals surface area contributed by atoms with Gasteiger partial charge in [-0.25, -0.2) is 19.9 Å².